The van der Waals surface area contributed by atoms with Gasteiger partial charge in [0.15, 0.2) is 0 Å². The van der Waals surface area contributed by atoms with Crippen LogP contribution in [0.1, 0.15) is 12.5 Å². The normalized spacial score (nSPS) is 15.4. The molecule has 10 heteroatoms. The Hall–Kier alpha value is -3.50. The number of nitrogens with zero attached hydrogens (tertiary/aromatic N) is 5. The van der Waals surface area contributed by atoms with Gasteiger partial charge in [-0.2, -0.15) is 0 Å². The highest BCUT2D eigenvalue weighted by atomic mass is 32.1. The average Bonchev–Trinajstić information content (AvgIpc) is 3.44. The highest BCUT2D eigenvalue weighted by Crippen LogP contribution is 2.28. The lowest BCUT2D eigenvalue weighted by Gasteiger charge is -2.37. The topological polar surface area (TPSA) is 75.0 Å². The van der Waals surface area contributed by atoms with Crippen LogP contribution >= 0.6 is 11.3 Å². The third-order valence-electron chi connectivity index (χ3n) is 6.30. The van der Waals surface area contributed by atoms with Crippen LogP contribution in [0.15, 0.2) is 48.7 Å². The Kier molecular flexibility index (Phi) is 6.40. The molecule has 8 nitrogen and oxygen atoms in total. The monoisotopic (exact) mass is 494 g/mol. The molecule has 182 valence electrons. The minimum Gasteiger partial charge on any atom is -0.495 e. The summed E-state index contributed by atoms with van der Waals surface area (Å²) in [7, 11) is 1.60. The van der Waals surface area contributed by atoms with Crippen LogP contribution in [0.25, 0.3) is 16.2 Å². The number of piperazine rings is 1. The number of hydrogen-bond acceptors (Lipinski definition) is 7. The number of carbonyl (C=O) groups is 1. The predicted molar refractivity (Wildman–Crippen MR) is 136 cm³/mol. The molecule has 1 atom stereocenters. The van der Waals surface area contributed by atoms with Gasteiger partial charge >= 0.3 is 0 Å². The van der Waals surface area contributed by atoms with Crippen LogP contribution in [0.3, 0.4) is 0 Å². The number of aryl methyl sites for hydroxylation is 1. The van der Waals surface area contributed by atoms with Crippen molar-refractivity contribution in [1.82, 2.24) is 19.5 Å². The summed E-state index contributed by atoms with van der Waals surface area (Å²) in [5, 5.41) is 8.62. The van der Waals surface area contributed by atoms with Gasteiger partial charge in [-0.3, -0.25) is 9.69 Å². The maximum absolute atomic E-state index is 13.2. The van der Waals surface area contributed by atoms with Gasteiger partial charge in [0, 0.05) is 31.7 Å². The number of anilines is 2. The zero-order valence-corrected chi connectivity index (χ0v) is 20.7. The lowest BCUT2D eigenvalue weighted by atomic mass is 10.1. The van der Waals surface area contributed by atoms with Gasteiger partial charge in [-0.15, -0.1) is 5.10 Å². The molecule has 1 fully saturated rings. The third-order valence-corrected chi connectivity index (χ3v) is 7.28. The number of halogens is 1. The largest absolute Gasteiger partial charge is 0.495 e. The van der Waals surface area contributed by atoms with Crippen molar-refractivity contribution in [3.63, 3.8) is 0 Å². The summed E-state index contributed by atoms with van der Waals surface area (Å²) < 4.78 is 20.4. The predicted octanol–water partition coefficient (Wildman–Crippen LogP) is 4.06. The second-order valence-corrected chi connectivity index (χ2v) is 9.57. The second-order valence-electron chi connectivity index (χ2n) is 8.64. The van der Waals surface area contributed by atoms with Gasteiger partial charge in [0.2, 0.25) is 16.0 Å². The number of imidazole rings is 1. The van der Waals surface area contributed by atoms with Crippen molar-refractivity contribution in [3.8, 4) is 17.0 Å². The Morgan fingerprint density at radius 1 is 1.14 bits per heavy atom. The van der Waals surface area contributed by atoms with E-state index >= 15 is 0 Å². The summed E-state index contributed by atoms with van der Waals surface area (Å²) in [5.74, 6) is 0.330. The number of amides is 1. The molecule has 3 heterocycles. The fraction of sp³-hybridized carbons (Fsp3) is 0.320. The van der Waals surface area contributed by atoms with E-state index in [1.807, 2.05) is 38.2 Å². The molecular formula is C25H27FN6O2S. The number of fused-ring (bicyclic) bond motifs is 1. The van der Waals surface area contributed by atoms with E-state index in [0.29, 0.717) is 11.4 Å². The molecule has 0 saturated carbocycles. The summed E-state index contributed by atoms with van der Waals surface area (Å²) in [6, 6.07) is 11.8. The quantitative estimate of drug-likeness (QED) is 0.436. The molecule has 0 bridgehead atoms. The first-order chi connectivity index (χ1) is 16.9. The van der Waals surface area contributed by atoms with E-state index < -0.39 is 0 Å². The molecule has 1 amide bonds. The first kappa shape index (κ1) is 23.3. The zero-order chi connectivity index (χ0) is 24.5. The highest BCUT2D eigenvalue weighted by Gasteiger charge is 2.27. The van der Waals surface area contributed by atoms with Crippen LogP contribution < -0.4 is 15.0 Å². The maximum atomic E-state index is 13.2. The molecule has 0 spiro atoms. The Morgan fingerprint density at radius 3 is 2.57 bits per heavy atom. The molecule has 35 heavy (non-hydrogen) atoms. The van der Waals surface area contributed by atoms with E-state index in [1.165, 1.54) is 23.5 Å². The average molecular weight is 495 g/mol. The van der Waals surface area contributed by atoms with Gasteiger partial charge in [0.1, 0.15) is 11.6 Å². The molecular weight excluding hydrogens is 467 g/mol. The molecule has 2 aromatic heterocycles. The van der Waals surface area contributed by atoms with Crippen LogP contribution in [0, 0.1) is 12.7 Å². The lowest BCUT2D eigenvalue weighted by Crippen LogP contribution is -2.52. The van der Waals surface area contributed by atoms with Gasteiger partial charge < -0.3 is 15.0 Å². The number of ether oxygens (including phenoxy) is 1. The Bertz CT molecular complexity index is 1310. The summed E-state index contributed by atoms with van der Waals surface area (Å²) in [4.78, 5) is 22.8. The van der Waals surface area contributed by atoms with E-state index in [1.54, 1.807) is 23.8 Å². The number of methoxy groups -OCH3 is 1. The number of carbonyl (C=O) groups excluding carboxylic acids is 1. The van der Waals surface area contributed by atoms with Crippen LogP contribution in [0.2, 0.25) is 0 Å². The number of aromatic nitrogens is 3. The smallest absolute Gasteiger partial charge is 0.241 e. The Labute approximate surface area is 207 Å². The minimum atomic E-state index is -0.269. The summed E-state index contributed by atoms with van der Waals surface area (Å²) >= 11 is 1.53. The Morgan fingerprint density at radius 2 is 1.89 bits per heavy atom. The number of hydrogen-bond donors (Lipinski definition) is 1. The van der Waals surface area contributed by atoms with Crippen molar-refractivity contribution in [3.05, 3.63) is 60.0 Å². The molecule has 1 N–H and O–H groups in total. The third kappa shape index (κ3) is 4.85. The standard InChI is InChI=1S/C25H27FN6O2S/c1-16-4-9-22(34-3)20(14-16)27-23(33)17(2)30-10-12-31(13-11-30)25-29-32-15-21(28-24(32)35-25)18-5-7-19(26)8-6-18/h4-9,14-15,17H,10-13H2,1-3H3,(H,27,33). The molecule has 1 saturated heterocycles. The maximum Gasteiger partial charge on any atom is 0.241 e. The SMILES string of the molecule is COc1ccc(C)cc1NC(=O)C(C)N1CCN(c2nn3cc(-c4ccc(F)cc4)nc3s2)CC1. The Balaban J connectivity index is 1.20. The van der Waals surface area contributed by atoms with Crippen molar-refractivity contribution in [1.29, 1.82) is 0 Å². The molecule has 0 radical (unpaired) electrons. The second kappa shape index (κ2) is 9.63. The highest BCUT2D eigenvalue weighted by molar-refractivity contribution is 7.20. The molecule has 2 aromatic carbocycles. The van der Waals surface area contributed by atoms with Crippen LogP contribution in [-0.4, -0.2) is 64.7 Å². The molecule has 1 unspecified atom stereocenters. The van der Waals surface area contributed by atoms with Gasteiger partial charge in [-0.1, -0.05) is 17.4 Å². The minimum absolute atomic E-state index is 0.0524. The van der Waals surface area contributed by atoms with Gasteiger partial charge in [-0.25, -0.2) is 13.9 Å². The summed E-state index contributed by atoms with van der Waals surface area (Å²) in [5.41, 5.74) is 3.37. The van der Waals surface area contributed by atoms with E-state index in [9.17, 15) is 9.18 Å². The zero-order valence-electron chi connectivity index (χ0n) is 19.9. The molecule has 1 aliphatic rings. The van der Waals surface area contributed by atoms with Crippen molar-refractivity contribution < 1.29 is 13.9 Å². The number of benzene rings is 2. The van der Waals surface area contributed by atoms with Crippen molar-refractivity contribution in [2.75, 3.05) is 43.5 Å². The van der Waals surface area contributed by atoms with Crippen LogP contribution in [0.5, 0.6) is 5.75 Å². The van der Waals surface area contributed by atoms with Crippen molar-refractivity contribution in [2.24, 2.45) is 0 Å². The first-order valence-corrected chi connectivity index (χ1v) is 12.3. The van der Waals surface area contributed by atoms with Gasteiger partial charge in [0.05, 0.1) is 30.7 Å². The summed E-state index contributed by atoms with van der Waals surface area (Å²) in [6.45, 7) is 6.96. The fourth-order valence-corrected chi connectivity index (χ4v) is 5.13. The first-order valence-electron chi connectivity index (χ1n) is 11.5. The van der Waals surface area contributed by atoms with Crippen molar-refractivity contribution in [2.45, 2.75) is 19.9 Å². The fourth-order valence-electron chi connectivity index (χ4n) is 4.20. The molecule has 4 aromatic rings. The summed E-state index contributed by atoms with van der Waals surface area (Å²) in [6.07, 6.45) is 1.87. The van der Waals surface area contributed by atoms with E-state index in [2.05, 4.69) is 20.1 Å². The van der Waals surface area contributed by atoms with Crippen LogP contribution in [0.4, 0.5) is 15.2 Å². The van der Waals surface area contributed by atoms with E-state index in [-0.39, 0.29) is 17.8 Å². The number of rotatable bonds is 6. The lowest BCUT2D eigenvalue weighted by molar-refractivity contribution is -0.120. The van der Waals surface area contributed by atoms with Crippen LogP contribution in [-0.2, 0) is 4.79 Å². The molecule has 1 aliphatic heterocycles. The molecule has 0 aliphatic carbocycles. The van der Waals surface area contributed by atoms with E-state index in [4.69, 9.17) is 9.84 Å². The van der Waals surface area contributed by atoms with Gasteiger partial charge in [0.25, 0.3) is 0 Å². The molecule has 5 rings (SSSR count). The van der Waals surface area contributed by atoms with Gasteiger partial charge in [-0.05, 0) is 55.8 Å². The van der Waals surface area contributed by atoms with Crippen molar-refractivity contribution >= 4 is 33.0 Å². The number of nitrogens with one attached hydrogen (secondary N) is 1. The van der Waals surface area contributed by atoms with E-state index in [0.717, 1.165) is 53.1 Å².